The Morgan fingerprint density at radius 2 is 1.94 bits per heavy atom. The second kappa shape index (κ2) is 8.83. The molecule has 3 N–H and O–H groups in total. The van der Waals surface area contributed by atoms with Gasteiger partial charge >= 0.3 is 17.9 Å². The van der Waals surface area contributed by atoms with Gasteiger partial charge < -0.3 is 34.4 Å². The van der Waals surface area contributed by atoms with Crippen molar-refractivity contribution < 1.29 is 43.9 Å². The minimum Gasteiger partial charge on any atom is -0.504 e. The topological polar surface area (TPSA) is 143 Å². The Labute approximate surface area is 203 Å². The van der Waals surface area contributed by atoms with Gasteiger partial charge in [0.25, 0.3) is 0 Å². The largest absolute Gasteiger partial charge is 0.504 e. The number of aliphatic hydroxyl groups is 1. The van der Waals surface area contributed by atoms with E-state index in [1.165, 1.54) is 6.92 Å². The number of phenolic OH excluding ortho intramolecular Hbond substituents is 1. The third-order valence-electron chi connectivity index (χ3n) is 7.75. The van der Waals surface area contributed by atoms with Crippen LogP contribution in [0.2, 0.25) is 0 Å². The van der Waals surface area contributed by atoms with Gasteiger partial charge in [0.05, 0.1) is 23.9 Å². The zero-order valence-electron chi connectivity index (χ0n) is 20.2. The highest BCUT2D eigenvalue weighted by atomic mass is 16.6. The molecule has 1 aromatic carbocycles. The van der Waals surface area contributed by atoms with Crippen LogP contribution in [0.4, 0.5) is 0 Å². The van der Waals surface area contributed by atoms with Gasteiger partial charge in [0.15, 0.2) is 23.7 Å². The number of piperidine rings is 1. The Morgan fingerprint density at radius 3 is 2.63 bits per heavy atom. The third-order valence-corrected chi connectivity index (χ3v) is 7.75. The summed E-state index contributed by atoms with van der Waals surface area (Å²) in [4.78, 5) is 37.4. The molecule has 0 bridgehead atoms. The molecule has 10 nitrogen and oxygen atoms in total. The first-order chi connectivity index (χ1) is 16.4. The first kappa shape index (κ1) is 25.0. The molecule has 2 aliphatic heterocycles. The number of nitrogens with zero attached hydrogens (tertiary/aromatic N) is 1. The summed E-state index contributed by atoms with van der Waals surface area (Å²) in [5.74, 6) is -2.37. The van der Waals surface area contributed by atoms with E-state index in [2.05, 4.69) is 4.90 Å². The average Bonchev–Trinajstić information content (AvgIpc) is 3.17. The Morgan fingerprint density at radius 1 is 1.26 bits per heavy atom. The highest BCUT2D eigenvalue weighted by Gasteiger charge is 2.69. The van der Waals surface area contributed by atoms with E-state index >= 15 is 0 Å². The van der Waals surface area contributed by atoms with Crippen LogP contribution in [0.1, 0.15) is 50.7 Å². The number of aryl methyl sites for hydroxylation is 1. The molecular formula is C25H31NO9. The van der Waals surface area contributed by atoms with Gasteiger partial charge in [0.2, 0.25) is 0 Å². The number of fused-ring (bicyclic) bond motifs is 1. The molecule has 1 aromatic rings. The second-order valence-corrected chi connectivity index (χ2v) is 9.66. The lowest BCUT2D eigenvalue weighted by Gasteiger charge is -2.58. The number of likely N-dealkylation sites (tertiary alicyclic amines) is 1. The lowest BCUT2D eigenvalue weighted by molar-refractivity contribution is -0.165. The number of esters is 2. The first-order valence-corrected chi connectivity index (χ1v) is 11.7. The molecule has 2 heterocycles. The van der Waals surface area contributed by atoms with Crippen LogP contribution >= 0.6 is 0 Å². The number of aliphatic carboxylic acids is 1. The monoisotopic (exact) mass is 489 g/mol. The average molecular weight is 490 g/mol. The number of carbonyl (C=O) groups excluding carboxylic acids is 2. The van der Waals surface area contributed by atoms with E-state index in [4.69, 9.17) is 19.3 Å². The molecule has 10 heteroatoms. The molecule has 1 fully saturated rings. The van der Waals surface area contributed by atoms with E-state index in [0.29, 0.717) is 13.0 Å². The van der Waals surface area contributed by atoms with Crippen molar-refractivity contribution in [3.8, 4) is 11.5 Å². The number of rotatable bonds is 6. The number of carboxylic acid groups (broad SMARTS) is 1. The summed E-state index contributed by atoms with van der Waals surface area (Å²) in [6.07, 6.45) is -0.463. The minimum absolute atomic E-state index is 0.0516. The molecule has 0 aromatic heterocycles. The molecule has 0 unspecified atom stereocenters. The van der Waals surface area contributed by atoms with Gasteiger partial charge in [0, 0.05) is 18.0 Å². The Hall–Kier alpha value is -3.11. The van der Waals surface area contributed by atoms with E-state index in [0.717, 1.165) is 11.1 Å². The molecule has 4 rings (SSSR count). The summed E-state index contributed by atoms with van der Waals surface area (Å²) in [5, 5.41) is 31.5. The predicted octanol–water partition coefficient (Wildman–Crippen LogP) is 1.78. The van der Waals surface area contributed by atoms with Gasteiger partial charge in [-0.3, -0.25) is 9.59 Å². The van der Waals surface area contributed by atoms with Crippen LogP contribution in [-0.4, -0.2) is 75.6 Å². The molecule has 1 aliphatic carbocycles. The maximum absolute atomic E-state index is 12.6. The second-order valence-electron chi connectivity index (χ2n) is 9.66. The molecule has 35 heavy (non-hydrogen) atoms. The Balaban J connectivity index is 1.61. The van der Waals surface area contributed by atoms with Crippen LogP contribution in [0.25, 0.3) is 0 Å². The van der Waals surface area contributed by atoms with Crippen LogP contribution in [0, 0.1) is 6.92 Å². The number of hydrogen-bond acceptors (Lipinski definition) is 9. The normalized spacial score (nSPS) is 30.1. The zero-order valence-corrected chi connectivity index (χ0v) is 20.2. The summed E-state index contributed by atoms with van der Waals surface area (Å²) < 4.78 is 16.6. The minimum atomic E-state index is -1.31. The number of benzene rings is 1. The van der Waals surface area contributed by atoms with Crippen molar-refractivity contribution in [2.24, 2.45) is 0 Å². The maximum atomic E-state index is 12.6. The van der Waals surface area contributed by atoms with Gasteiger partial charge in [-0.15, -0.1) is 0 Å². The van der Waals surface area contributed by atoms with Crippen molar-refractivity contribution in [2.45, 2.75) is 75.7 Å². The number of hydrogen-bond donors (Lipinski definition) is 3. The first-order valence-electron chi connectivity index (χ1n) is 11.7. The van der Waals surface area contributed by atoms with Crippen molar-refractivity contribution in [3.05, 3.63) is 35.1 Å². The van der Waals surface area contributed by atoms with Crippen molar-refractivity contribution in [1.82, 2.24) is 4.90 Å². The highest BCUT2D eigenvalue weighted by Crippen LogP contribution is 2.62. The van der Waals surface area contributed by atoms with E-state index < -0.39 is 41.1 Å². The van der Waals surface area contributed by atoms with Gasteiger partial charge in [-0.05, 0) is 58.5 Å². The van der Waals surface area contributed by atoms with E-state index in [1.807, 2.05) is 20.9 Å². The summed E-state index contributed by atoms with van der Waals surface area (Å²) >= 11 is 0. The van der Waals surface area contributed by atoms with Gasteiger partial charge in [-0.25, -0.2) is 4.79 Å². The molecule has 0 amide bonds. The predicted molar refractivity (Wildman–Crippen MR) is 122 cm³/mol. The van der Waals surface area contributed by atoms with Crippen LogP contribution < -0.4 is 4.74 Å². The van der Waals surface area contributed by atoms with Gasteiger partial charge in [0.1, 0.15) is 5.76 Å². The quantitative estimate of drug-likeness (QED) is 0.506. The summed E-state index contributed by atoms with van der Waals surface area (Å²) in [6.45, 7) is 5.73. The summed E-state index contributed by atoms with van der Waals surface area (Å²) in [5.41, 5.74) is -0.616. The van der Waals surface area contributed by atoms with Crippen LogP contribution in [0.3, 0.4) is 0 Å². The number of likely N-dealkylation sites (N-methyl/N-ethyl adjacent to an activating group) is 1. The van der Waals surface area contributed by atoms with Crippen molar-refractivity contribution in [2.75, 3.05) is 13.6 Å². The summed E-state index contributed by atoms with van der Waals surface area (Å²) in [7, 11) is 1.94. The van der Waals surface area contributed by atoms with Crippen molar-refractivity contribution in [3.63, 3.8) is 0 Å². The van der Waals surface area contributed by atoms with E-state index in [9.17, 15) is 24.6 Å². The van der Waals surface area contributed by atoms with Crippen LogP contribution in [-0.2, 0) is 29.3 Å². The SMILES string of the molecule is Cc1ccc(O)c2c1[C@]13CCN(C)[C@H](C)[C@]1(O)CC=C(OC(=O)CCC(=O)O[C@@H](C)C(=O)O)[C@@H]3O2. The number of ether oxygens (including phenoxy) is 3. The number of phenols is 1. The molecule has 1 spiro atoms. The smallest absolute Gasteiger partial charge is 0.344 e. The lowest BCUT2D eigenvalue weighted by Crippen LogP contribution is -2.71. The van der Waals surface area contributed by atoms with Crippen LogP contribution in [0.15, 0.2) is 24.0 Å². The molecule has 0 saturated carbocycles. The van der Waals surface area contributed by atoms with Crippen molar-refractivity contribution >= 4 is 17.9 Å². The molecule has 1 saturated heterocycles. The number of carboxylic acids is 1. The van der Waals surface area contributed by atoms with E-state index in [-0.39, 0.29) is 42.6 Å². The fourth-order valence-corrected chi connectivity index (χ4v) is 5.70. The lowest BCUT2D eigenvalue weighted by atomic mass is 9.54. The van der Waals surface area contributed by atoms with Crippen molar-refractivity contribution in [1.29, 1.82) is 0 Å². The highest BCUT2D eigenvalue weighted by molar-refractivity contribution is 5.81. The number of carbonyl (C=O) groups is 3. The van der Waals surface area contributed by atoms with Gasteiger partial charge in [-0.1, -0.05) is 6.07 Å². The standard InChI is InChI=1S/C25H31NO9/c1-13-5-6-16(27)21-20(13)24-11-12-26(4)15(3)25(24,32)10-9-17(22(24)35-21)34-19(29)8-7-18(28)33-14(2)23(30)31/h5-6,9,14-15,22,27,32H,7-8,10-12H2,1-4H3,(H,30,31)/t14-,15+,22-,24-,25+/m0/s1. The van der Waals surface area contributed by atoms with E-state index in [1.54, 1.807) is 18.2 Å². The number of aromatic hydroxyl groups is 1. The molecular weight excluding hydrogens is 458 g/mol. The summed E-state index contributed by atoms with van der Waals surface area (Å²) in [6, 6.07) is 3.08. The fraction of sp³-hybridized carbons (Fsp3) is 0.560. The molecule has 3 aliphatic rings. The molecule has 0 radical (unpaired) electrons. The molecule has 190 valence electrons. The Bertz CT molecular complexity index is 1100. The molecule has 5 atom stereocenters. The third kappa shape index (κ3) is 3.84. The zero-order chi connectivity index (χ0) is 25.7. The maximum Gasteiger partial charge on any atom is 0.344 e. The van der Waals surface area contributed by atoms with Crippen LogP contribution in [0.5, 0.6) is 11.5 Å². The van der Waals surface area contributed by atoms with Gasteiger partial charge in [-0.2, -0.15) is 0 Å². The fourth-order valence-electron chi connectivity index (χ4n) is 5.70. The Kier molecular flexibility index (Phi) is 6.31.